The van der Waals surface area contributed by atoms with Gasteiger partial charge in [-0.3, -0.25) is 4.99 Å². The molecule has 0 bridgehead atoms. The fourth-order valence-electron chi connectivity index (χ4n) is 2.27. The van der Waals surface area contributed by atoms with E-state index in [4.69, 9.17) is 0 Å². The standard InChI is InChI=1S/C15H31N3OS/c1-4-6-7-8-13(3)18-14(16-5-2)17-11-15(19)9-10-20-12-15/h13,19H,4-12H2,1-3H3,(H2,16,17,18). The molecule has 0 aromatic carbocycles. The van der Waals surface area contributed by atoms with Crippen LogP contribution in [-0.2, 0) is 0 Å². The molecule has 1 aliphatic rings. The van der Waals surface area contributed by atoms with Crippen molar-refractivity contribution in [2.75, 3.05) is 24.6 Å². The number of guanidine groups is 1. The number of thioether (sulfide) groups is 1. The van der Waals surface area contributed by atoms with Crippen molar-refractivity contribution in [3.05, 3.63) is 0 Å². The highest BCUT2D eigenvalue weighted by Gasteiger charge is 2.31. The van der Waals surface area contributed by atoms with Crippen LogP contribution in [0.1, 0.15) is 52.9 Å². The Hall–Kier alpha value is -0.420. The van der Waals surface area contributed by atoms with E-state index in [9.17, 15) is 5.11 Å². The van der Waals surface area contributed by atoms with Gasteiger partial charge in [-0.15, -0.1) is 0 Å². The van der Waals surface area contributed by atoms with Crippen molar-refractivity contribution in [1.29, 1.82) is 0 Å². The monoisotopic (exact) mass is 301 g/mol. The number of hydrogen-bond acceptors (Lipinski definition) is 3. The average molecular weight is 302 g/mol. The van der Waals surface area contributed by atoms with E-state index in [0.717, 1.165) is 30.4 Å². The first-order valence-electron chi connectivity index (χ1n) is 7.94. The Morgan fingerprint density at radius 3 is 2.80 bits per heavy atom. The second kappa shape index (κ2) is 9.50. The molecular weight excluding hydrogens is 270 g/mol. The SMILES string of the molecule is CCCCCC(C)NC(=NCC1(O)CCSC1)NCC. The molecule has 3 N–H and O–H groups in total. The van der Waals surface area contributed by atoms with Crippen LogP contribution in [0, 0.1) is 0 Å². The molecular formula is C15H31N3OS. The Morgan fingerprint density at radius 1 is 1.40 bits per heavy atom. The van der Waals surface area contributed by atoms with Gasteiger partial charge in [0.1, 0.15) is 0 Å². The number of aliphatic hydroxyl groups is 1. The summed E-state index contributed by atoms with van der Waals surface area (Å²) in [6.07, 6.45) is 5.82. The van der Waals surface area contributed by atoms with Gasteiger partial charge in [0.05, 0.1) is 12.1 Å². The fraction of sp³-hybridized carbons (Fsp3) is 0.933. The number of aliphatic imine (C=N–C) groups is 1. The van der Waals surface area contributed by atoms with E-state index in [0.29, 0.717) is 12.6 Å². The number of unbranched alkanes of at least 4 members (excludes halogenated alkanes) is 2. The lowest BCUT2D eigenvalue weighted by Crippen LogP contribution is -2.43. The fourth-order valence-corrected chi connectivity index (χ4v) is 3.56. The maximum absolute atomic E-state index is 10.3. The molecule has 4 nitrogen and oxygen atoms in total. The zero-order valence-electron chi connectivity index (χ0n) is 13.2. The van der Waals surface area contributed by atoms with Crippen molar-refractivity contribution in [2.45, 2.75) is 64.5 Å². The number of hydrogen-bond donors (Lipinski definition) is 3. The van der Waals surface area contributed by atoms with Gasteiger partial charge in [0.2, 0.25) is 0 Å². The average Bonchev–Trinajstić information content (AvgIpc) is 2.84. The maximum atomic E-state index is 10.3. The molecule has 0 aromatic heterocycles. The molecule has 20 heavy (non-hydrogen) atoms. The maximum Gasteiger partial charge on any atom is 0.191 e. The molecule has 0 amide bonds. The first-order valence-corrected chi connectivity index (χ1v) is 9.10. The molecule has 1 heterocycles. The summed E-state index contributed by atoms with van der Waals surface area (Å²) in [6.45, 7) is 7.84. The Bertz CT molecular complexity index is 291. The zero-order chi connectivity index (χ0) is 14.8. The van der Waals surface area contributed by atoms with Crippen LogP contribution in [0.2, 0.25) is 0 Å². The minimum absolute atomic E-state index is 0.423. The van der Waals surface area contributed by atoms with Crippen molar-refractivity contribution < 1.29 is 5.11 Å². The van der Waals surface area contributed by atoms with Gasteiger partial charge in [-0.2, -0.15) is 11.8 Å². The van der Waals surface area contributed by atoms with Crippen molar-refractivity contribution >= 4 is 17.7 Å². The Morgan fingerprint density at radius 2 is 2.20 bits per heavy atom. The van der Waals surface area contributed by atoms with Gasteiger partial charge in [0, 0.05) is 18.3 Å². The first kappa shape index (κ1) is 17.6. The number of nitrogens with zero attached hydrogens (tertiary/aromatic N) is 1. The molecule has 2 atom stereocenters. The van der Waals surface area contributed by atoms with Gasteiger partial charge in [0.15, 0.2) is 5.96 Å². The van der Waals surface area contributed by atoms with Crippen LogP contribution < -0.4 is 10.6 Å². The molecule has 1 saturated heterocycles. The van der Waals surface area contributed by atoms with Gasteiger partial charge in [-0.1, -0.05) is 26.2 Å². The third kappa shape index (κ3) is 6.84. The molecule has 5 heteroatoms. The smallest absolute Gasteiger partial charge is 0.191 e. The molecule has 0 spiro atoms. The zero-order valence-corrected chi connectivity index (χ0v) is 14.1. The van der Waals surface area contributed by atoms with E-state index < -0.39 is 5.60 Å². The summed E-state index contributed by atoms with van der Waals surface area (Å²) in [5.41, 5.74) is -0.599. The lowest BCUT2D eigenvalue weighted by molar-refractivity contribution is 0.0778. The number of nitrogens with one attached hydrogen (secondary N) is 2. The normalized spacial score (nSPS) is 24.7. The van der Waals surface area contributed by atoms with Gasteiger partial charge < -0.3 is 15.7 Å². The lowest BCUT2D eigenvalue weighted by atomic mass is 10.0. The van der Waals surface area contributed by atoms with Crippen molar-refractivity contribution in [3.8, 4) is 0 Å². The molecule has 0 aromatic rings. The third-order valence-electron chi connectivity index (χ3n) is 3.58. The third-order valence-corrected chi connectivity index (χ3v) is 4.82. The highest BCUT2D eigenvalue weighted by atomic mass is 32.2. The summed E-state index contributed by atoms with van der Waals surface area (Å²) >= 11 is 1.81. The first-order chi connectivity index (χ1) is 9.59. The van der Waals surface area contributed by atoms with Crippen molar-refractivity contribution in [1.82, 2.24) is 10.6 Å². The van der Waals surface area contributed by atoms with E-state index >= 15 is 0 Å². The van der Waals surface area contributed by atoms with Gasteiger partial charge in [0.25, 0.3) is 0 Å². The summed E-state index contributed by atoms with van der Waals surface area (Å²) < 4.78 is 0. The molecule has 0 saturated carbocycles. The van der Waals surface area contributed by atoms with Crippen LogP contribution in [-0.4, -0.2) is 47.3 Å². The largest absolute Gasteiger partial charge is 0.387 e. The van der Waals surface area contributed by atoms with Gasteiger partial charge in [-0.05, 0) is 32.4 Å². The molecule has 0 radical (unpaired) electrons. The van der Waals surface area contributed by atoms with Crippen LogP contribution in [0.4, 0.5) is 0 Å². The minimum Gasteiger partial charge on any atom is -0.387 e. The van der Waals surface area contributed by atoms with E-state index in [2.05, 4.69) is 36.4 Å². The lowest BCUT2D eigenvalue weighted by Gasteiger charge is -2.21. The van der Waals surface area contributed by atoms with Gasteiger partial charge in [-0.25, -0.2) is 0 Å². The Balaban J connectivity index is 2.41. The summed E-state index contributed by atoms with van der Waals surface area (Å²) in [5, 5.41) is 17.0. The highest BCUT2D eigenvalue weighted by molar-refractivity contribution is 7.99. The van der Waals surface area contributed by atoms with Crippen LogP contribution in [0.15, 0.2) is 4.99 Å². The number of rotatable bonds is 8. The Labute approximate surface area is 128 Å². The molecule has 2 unspecified atom stereocenters. The van der Waals surface area contributed by atoms with E-state index in [1.807, 2.05) is 11.8 Å². The predicted octanol–water partition coefficient (Wildman–Crippen LogP) is 2.38. The second-order valence-electron chi connectivity index (χ2n) is 5.76. The van der Waals surface area contributed by atoms with E-state index in [1.165, 1.54) is 25.7 Å². The second-order valence-corrected chi connectivity index (χ2v) is 6.87. The molecule has 1 fully saturated rings. The molecule has 1 aliphatic heterocycles. The summed E-state index contributed by atoms with van der Waals surface area (Å²) in [6, 6.07) is 0.423. The molecule has 1 rings (SSSR count). The van der Waals surface area contributed by atoms with Crippen LogP contribution in [0.3, 0.4) is 0 Å². The summed E-state index contributed by atoms with van der Waals surface area (Å²) in [4.78, 5) is 4.57. The van der Waals surface area contributed by atoms with E-state index in [1.54, 1.807) is 0 Å². The Kier molecular flexibility index (Phi) is 8.38. The van der Waals surface area contributed by atoms with Crippen molar-refractivity contribution in [3.63, 3.8) is 0 Å². The van der Waals surface area contributed by atoms with Crippen LogP contribution in [0.5, 0.6) is 0 Å². The molecule has 118 valence electrons. The van der Waals surface area contributed by atoms with E-state index in [-0.39, 0.29) is 0 Å². The topological polar surface area (TPSA) is 56.7 Å². The minimum atomic E-state index is -0.599. The van der Waals surface area contributed by atoms with Crippen LogP contribution >= 0.6 is 11.8 Å². The van der Waals surface area contributed by atoms with Crippen LogP contribution in [0.25, 0.3) is 0 Å². The van der Waals surface area contributed by atoms with Crippen molar-refractivity contribution in [2.24, 2.45) is 4.99 Å². The highest BCUT2D eigenvalue weighted by Crippen LogP contribution is 2.27. The summed E-state index contributed by atoms with van der Waals surface area (Å²) in [7, 11) is 0. The van der Waals surface area contributed by atoms with Gasteiger partial charge >= 0.3 is 0 Å². The quantitative estimate of drug-likeness (QED) is 0.366. The molecule has 0 aliphatic carbocycles. The summed E-state index contributed by atoms with van der Waals surface area (Å²) in [5.74, 6) is 2.69. The predicted molar refractivity (Wildman–Crippen MR) is 89.6 cm³/mol.